The predicted molar refractivity (Wildman–Crippen MR) is 74.5 cm³/mol. The van der Waals surface area contributed by atoms with Gasteiger partial charge in [-0.05, 0) is 51.7 Å². The third-order valence-corrected chi connectivity index (χ3v) is 4.13. The lowest BCUT2D eigenvalue weighted by Crippen LogP contribution is -2.41. The Morgan fingerprint density at radius 1 is 1.26 bits per heavy atom. The summed E-state index contributed by atoms with van der Waals surface area (Å²) >= 11 is 0. The standard InChI is InChI=1S/C14H20BNO3/c1-10-11(6-8-16-12(10)7-9-17)15-18-13(2,3)14(4,5)19-15/h6,8-9H,7H2,1-5H3. The molecule has 0 amide bonds. The molecule has 1 aliphatic rings. The van der Waals surface area contributed by atoms with Gasteiger partial charge in [0.2, 0.25) is 0 Å². The van der Waals surface area contributed by atoms with E-state index in [1.165, 1.54) is 0 Å². The molecule has 2 heterocycles. The van der Waals surface area contributed by atoms with E-state index in [1.807, 2.05) is 40.7 Å². The van der Waals surface area contributed by atoms with Gasteiger partial charge in [-0.25, -0.2) is 0 Å². The van der Waals surface area contributed by atoms with Gasteiger partial charge in [0, 0.05) is 18.3 Å². The summed E-state index contributed by atoms with van der Waals surface area (Å²) in [6.07, 6.45) is 2.88. The van der Waals surface area contributed by atoms with Crippen molar-refractivity contribution < 1.29 is 14.1 Å². The summed E-state index contributed by atoms with van der Waals surface area (Å²) in [6, 6.07) is 1.89. The second-order valence-corrected chi connectivity index (χ2v) is 5.93. The Hall–Kier alpha value is -1.20. The summed E-state index contributed by atoms with van der Waals surface area (Å²) in [5.41, 5.74) is 1.97. The molecule has 1 aromatic rings. The number of carbonyl (C=O) groups excluding carboxylic acids is 1. The molecule has 102 valence electrons. The molecule has 0 aliphatic carbocycles. The van der Waals surface area contributed by atoms with Gasteiger partial charge in [0.15, 0.2) is 0 Å². The number of aromatic nitrogens is 1. The number of hydrogen-bond acceptors (Lipinski definition) is 4. The van der Waals surface area contributed by atoms with Gasteiger partial charge >= 0.3 is 7.12 Å². The second kappa shape index (κ2) is 4.73. The molecule has 0 aromatic carbocycles. The third-order valence-electron chi connectivity index (χ3n) is 4.13. The van der Waals surface area contributed by atoms with Gasteiger partial charge in [0.1, 0.15) is 6.29 Å². The molecular weight excluding hydrogens is 241 g/mol. The van der Waals surface area contributed by atoms with Crippen LogP contribution in [0.15, 0.2) is 12.3 Å². The van der Waals surface area contributed by atoms with E-state index >= 15 is 0 Å². The van der Waals surface area contributed by atoms with E-state index in [0.29, 0.717) is 6.42 Å². The lowest BCUT2D eigenvalue weighted by Gasteiger charge is -2.32. The summed E-state index contributed by atoms with van der Waals surface area (Å²) in [7, 11) is -0.404. The largest absolute Gasteiger partial charge is 0.495 e. The Bertz CT molecular complexity index is 483. The molecule has 4 nitrogen and oxygen atoms in total. The van der Waals surface area contributed by atoms with Crippen molar-refractivity contribution in [2.75, 3.05) is 0 Å². The van der Waals surface area contributed by atoms with E-state index in [1.54, 1.807) is 6.20 Å². The van der Waals surface area contributed by atoms with Crippen molar-refractivity contribution in [3.63, 3.8) is 0 Å². The molecule has 0 bridgehead atoms. The fourth-order valence-corrected chi connectivity index (χ4v) is 2.11. The van der Waals surface area contributed by atoms with E-state index in [2.05, 4.69) is 4.98 Å². The van der Waals surface area contributed by atoms with Crippen LogP contribution in [0.25, 0.3) is 0 Å². The topological polar surface area (TPSA) is 48.4 Å². The molecule has 19 heavy (non-hydrogen) atoms. The molecule has 1 aliphatic heterocycles. The fourth-order valence-electron chi connectivity index (χ4n) is 2.11. The minimum atomic E-state index is -0.404. The minimum Gasteiger partial charge on any atom is -0.399 e. The van der Waals surface area contributed by atoms with Crippen molar-refractivity contribution >= 4 is 18.9 Å². The number of rotatable bonds is 3. The Balaban J connectivity index is 2.34. The highest BCUT2D eigenvalue weighted by Crippen LogP contribution is 2.36. The molecule has 0 unspecified atom stereocenters. The van der Waals surface area contributed by atoms with E-state index in [9.17, 15) is 4.79 Å². The quantitative estimate of drug-likeness (QED) is 0.610. The van der Waals surface area contributed by atoms with Gasteiger partial charge in [-0.15, -0.1) is 0 Å². The van der Waals surface area contributed by atoms with Crippen molar-refractivity contribution in [3.8, 4) is 0 Å². The van der Waals surface area contributed by atoms with Crippen molar-refractivity contribution in [1.29, 1.82) is 0 Å². The van der Waals surface area contributed by atoms with Gasteiger partial charge in [-0.3, -0.25) is 4.98 Å². The van der Waals surface area contributed by atoms with Crippen LogP contribution in [0.4, 0.5) is 0 Å². The highest BCUT2D eigenvalue weighted by atomic mass is 16.7. The van der Waals surface area contributed by atoms with Gasteiger partial charge < -0.3 is 14.1 Å². The molecule has 2 rings (SSSR count). The van der Waals surface area contributed by atoms with Crippen molar-refractivity contribution in [2.45, 2.75) is 52.2 Å². The molecule has 1 saturated heterocycles. The molecule has 1 fully saturated rings. The summed E-state index contributed by atoms with van der Waals surface area (Å²) in [4.78, 5) is 14.9. The second-order valence-electron chi connectivity index (χ2n) is 5.93. The Kier molecular flexibility index (Phi) is 3.54. The zero-order valence-electron chi connectivity index (χ0n) is 12.2. The van der Waals surface area contributed by atoms with Crippen LogP contribution < -0.4 is 5.46 Å². The van der Waals surface area contributed by atoms with Crippen LogP contribution in [0.3, 0.4) is 0 Å². The summed E-state index contributed by atoms with van der Waals surface area (Å²) in [5.74, 6) is 0. The van der Waals surface area contributed by atoms with Crippen LogP contribution in [0.2, 0.25) is 0 Å². The lowest BCUT2D eigenvalue weighted by atomic mass is 9.76. The zero-order valence-corrected chi connectivity index (χ0v) is 12.2. The Morgan fingerprint density at radius 2 is 1.84 bits per heavy atom. The van der Waals surface area contributed by atoms with E-state index in [4.69, 9.17) is 9.31 Å². The smallest absolute Gasteiger partial charge is 0.399 e. The average Bonchev–Trinajstić information content (AvgIpc) is 2.51. The maximum Gasteiger partial charge on any atom is 0.495 e. The Morgan fingerprint density at radius 3 is 2.37 bits per heavy atom. The first-order chi connectivity index (χ1) is 8.78. The third kappa shape index (κ3) is 2.45. The minimum absolute atomic E-state index is 0.319. The van der Waals surface area contributed by atoms with E-state index in [-0.39, 0.29) is 11.2 Å². The highest BCUT2D eigenvalue weighted by Gasteiger charge is 2.52. The van der Waals surface area contributed by atoms with Gasteiger partial charge in [-0.2, -0.15) is 0 Å². The maximum atomic E-state index is 10.7. The highest BCUT2D eigenvalue weighted by molar-refractivity contribution is 6.62. The number of pyridine rings is 1. The van der Waals surface area contributed by atoms with Crippen LogP contribution in [-0.4, -0.2) is 29.6 Å². The van der Waals surface area contributed by atoms with Crippen LogP contribution in [0, 0.1) is 6.92 Å². The van der Waals surface area contributed by atoms with Gasteiger partial charge in [-0.1, -0.05) is 0 Å². The Labute approximate surface area is 114 Å². The van der Waals surface area contributed by atoms with Crippen molar-refractivity contribution in [2.24, 2.45) is 0 Å². The number of aldehydes is 1. The number of nitrogens with zero attached hydrogens (tertiary/aromatic N) is 1. The fraction of sp³-hybridized carbons (Fsp3) is 0.571. The molecular formula is C14H20BNO3. The van der Waals surface area contributed by atoms with Crippen molar-refractivity contribution in [3.05, 3.63) is 23.5 Å². The molecule has 0 spiro atoms. The zero-order chi connectivity index (χ0) is 14.3. The first kappa shape index (κ1) is 14.2. The van der Waals surface area contributed by atoms with Gasteiger partial charge in [0.05, 0.1) is 11.2 Å². The van der Waals surface area contributed by atoms with Crippen LogP contribution in [0.5, 0.6) is 0 Å². The number of carbonyl (C=O) groups is 1. The monoisotopic (exact) mass is 261 g/mol. The molecule has 5 heteroatoms. The van der Waals surface area contributed by atoms with Gasteiger partial charge in [0.25, 0.3) is 0 Å². The molecule has 1 aromatic heterocycles. The van der Waals surface area contributed by atoms with Crippen LogP contribution >= 0.6 is 0 Å². The summed E-state index contributed by atoms with van der Waals surface area (Å²) in [5, 5.41) is 0. The molecule has 0 N–H and O–H groups in total. The van der Waals surface area contributed by atoms with E-state index in [0.717, 1.165) is 23.0 Å². The SMILES string of the molecule is Cc1c(B2OC(C)(C)C(C)(C)O2)ccnc1CC=O. The molecule has 0 radical (unpaired) electrons. The number of hydrogen-bond donors (Lipinski definition) is 0. The average molecular weight is 261 g/mol. The molecule has 0 saturated carbocycles. The van der Waals surface area contributed by atoms with Crippen LogP contribution in [0.1, 0.15) is 39.0 Å². The summed E-state index contributed by atoms with van der Waals surface area (Å²) in [6.45, 7) is 10.0. The van der Waals surface area contributed by atoms with E-state index < -0.39 is 7.12 Å². The maximum absolute atomic E-state index is 10.7. The normalized spacial score (nSPS) is 20.6. The predicted octanol–water partition coefficient (Wildman–Crippen LogP) is 1.43. The first-order valence-electron chi connectivity index (χ1n) is 6.52. The lowest BCUT2D eigenvalue weighted by molar-refractivity contribution is -0.107. The first-order valence-corrected chi connectivity index (χ1v) is 6.52. The van der Waals surface area contributed by atoms with Crippen LogP contribution in [-0.2, 0) is 20.5 Å². The molecule has 0 atom stereocenters. The summed E-state index contributed by atoms with van der Waals surface area (Å²) < 4.78 is 12.1. The van der Waals surface area contributed by atoms with Crippen molar-refractivity contribution in [1.82, 2.24) is 4.98 Å².